The molecule has 0 unspecified atom stereocenters. The van der Waals surface area contributed by atoms with Crippen molar-refractivity contribution in [3.63, 3.8) is 0 Å². The normalized spacial score (nSPS) is 10.4. The van der Waals surface area contributed by atoms with Crippen LogP contribution in [0.4, 0.5) is 0 Å². The Morgan fingerprint density at radius 2 is 1.89 bits per heavy atom. The van der Waals surface area contributed by atoms with Crippen LogP contribution < -0.4 is 0 Å². The highest BCUT2D eigenvalue weighted by Crippen LogP contribution is 2.16. The lowest BCUT2D eigenvalue weighted by atomic mass is 10.0. The smallest absolute Gasteiger partial charge is 0.325 e. The number of carbonyl (C=O) groups is 2. The van der Waals surface area contributed by atoms with E-state index >= 15 is 0 Å². The Kier molecular flexibility index (Phi) is 5.10. The van der Waals surface area contributed by atoms with E-state index < -0.39 is 5.97 Å². The van der Waals surface area contributed by atoms with E-state index in [2.05, 4.69) is 4.74 Å². The van der Waals surface area contributed by atoms with E-state index in [9.17, 15) is 9.59 Å². The van der Waals surface area contributed by atoms with Crippen molar-refractivity contribution < 1.29 is 14.3 Å². The van der Waals surface area contributed by atoms with Crippen LogP contribution in [0.15, 0.2) is 18.2 Å². The Labute approximate surface area is 114 Å². The van der Waals surface area contributed by atoms with Gasteiger partial charge in [0.25, 0.3) is 5.91 Å². The Morgan fingerprint density at radius 1 is 1.26 bits per heavy atom. The molecular formula is C15H21NO3. The van der Waals surface area contributed by atoms with Crippen molar-refractivity contribution in [2.24, 2.45) is 0 Å². The van der Waals surface area contributed by atoms with Crippen molar-refractivity contribution in [1.82, 2.24) is 4.90 Å². The maximum Gasteiger partial charge on any atom is 0.325 e. The molecule has 0 aliphatic rings. The molecular weight excluding hydrogens is 242 g/mol. The van der Waals surface area contributed by atoms with Gasteiger partial charge in [-0.15, -0.1) is 0 Å². The van der Waals surface area contributed by atoms with Crippen LogP contribution in [0.3, 0.4) is 0 Å². The predicted octanol–water partition coefficient (Wildman–Crippen LogP) is 2.33. The molecule has 0 spiro atoms. The number of hydrogen-bond acceptors (Lipinski definition) is 3. The standard InChI is InChI=1S/C15H21NO3/c1-10(2)16(9-14(17)19-5)15(18)13-8-6-7-11(3)12(13)4/h6-8,10H,9H2,1-5H3. The minimum absolute atomic E-state index is 0.0274. The summed E-state index contributed by atoms with van der Waals surface area (Å²) in [6.07, 6.45) is 0. The van der Waals surface area contributed by atoms with Gasteiger partial charge in [-0.1, -0.05) is 12.1 Å². The van der Waals surface area contributed by atoms with E-state index in [0.717, 1.165) is 11.1 Å². The molecule has 0 aliphatic heterocycles. The summed E-state index contributed by atoms with van der Waals surface area (Å²) in [4.78, 5) is 25.4. The van der Waals surface area contributed by atoms with Crippen LogP contribution in [-0.2, 0) is 9.53 Å². The summed E-state index contributed by atoms with van der Waals surface area (Å²) in [5, 5.41) is 0. The number of carbonyl (C=O) groups excluding carboxylic acids is 2. The summed E-state index contributed by atoms with van der Waals surface area (Å²) < 4.78 is 4.64. The summed E-state index contributed by atoms with van der Waals surface area (Å²) in [7, 11) is 1.32. The summed E-state index contributed by atoms with van der Waals surface area (Å²) in [6.45, 7) is 7.61. The van der Waals surface area contributed by atoms with Crippen LogP contribution in [0.2, 0.25) is 0 Å². The van der Waals surface area contributed by atoms with Crippen LogP contribution in [-0.4, -0.2) is 36.5 Å². The molecule has 0 aromatic heterocycles. The number of nitrogens with zero attached hydrogens (tertiary/aromatic N) is 1. The van der Waals surface area contributed by atoms with Crippen LogP contribution >= 0.6 is 0 Å². The highest BCUT2D eigenvalue weighted by molar-refractivity contribution is 5.97. The lowest BCUT2D eigenvalue weighted by Crippen LogP contribution is -2.41. The van der Waals surface area contributed by atoms with Gasteiger partial charge in [-0.3, -0.25) is 9.59 Å². The van der Waals surface area contributed by atoms with Crippen LogP contribution in [0.25, 0.3) is 0 Å². The average Bonchev–Trinajstić information content (AvgIpc) is 2.37. The molecule has 0 saturated heterocycles. The first-order valence-electron chi connectivity index (χ1n) is 6.32. The zero-order valence-electron chi connectivity index (χ0n) is 12.2. The van der Waals surface area contributed by atoms with Gasteiger partial charge in [-0.25, -0.2) is 0 Å². The first kappa shape index (κ1) is 15.2. The van der Waals surface area contributed by atoms with Crippen LogP contribution in [0.1, 0.15) is 35.3 Å². The molecule has 0 radical (unpaired) electrons. The molecule has 1 amide bonds. The zero-order valence-corrected chi connectivity index (χ0v) is 12.2. The maximum atomic E-state index is 12.5. The molecule has 4 heteroatoms. The van der Waals surface area contributed by atoms with Gasteiger partial charge in [-0.2, -0.15) is 0 Å². The highest BCUT2D eigenvalue weighted by atomic mass is 16.5. The maximum absolute atomic E-state index is 12.5. The molecule has 0 saturated carbocycles. The van der Waals surface area contributed by atoms with Gasteiger partial charge >= 0.3 is 5.97 Å². The lowest BCUT2D eigenvalue weighted by Gasteiger charge is -2.26. The third-order valence-electron chi connectivity index (χ3n) is 3.25. The number of amides is 1. The largest absolute Gasteiger partial charge is 0.468 e. The van der Waals surface area contributed by atoms with Crippen molar-refractivity contribution in [3.05, 3.63) is 34.9 Å². The van der Waals surface area contributed by atoms with Gasteiger partial charge in [0.1, 0.15) is 6.54 Å². The third kappa shape index (κ3) is 3.56. The summed E-state index contributed by atoms with van der Waals surface area (Å²) >= 11 is 0. The van der Waals surface area contributed by atoms with Gasteiger partial charge in [0.15, 0.2) is 0 Å². The average molecular weight is 263 g/mol. The van der Waals surface area contributed by atoms with Gasteiger partial charge < -0.3 is 9.64 Å². The fourth-order valence-electron chi connectivity index (χ4n) is 1.83. The van der Waals surface area contributed by atoms with Gasteiger partial charge in [0.05, 0.1) is 7.11 Å². The number of methoxy groups -OCH3 is 1. The second-order valence-corrected chi connectivity index (χ2v) is 4.85. The van der Waals surface area contributed by atoms with Crippen molar-refractivity contribution in [1.29, 1.82) is 0 Å². The second kappa shape index (κ2) is 6.36. The van der Waals surface area contributed by atoms with Crippen molar-refractivity contribution >= 4 is 11.9 Å². The quantitative estimate of drug-likeness (QED) is 0.783. The molecule has 0 N–H and O–H groups in total. The fourth-order valence-corrected chi connectivity index (χ4v) is 1.83. The Balaban J connectivity index is 3.06. The minimum atomic E-state index is -0.410. The number of aryl methyl sites for hydroxylation is 1. The molecule has 1 aromatic rings. The first-order chi connectivity index (χ1) is 8.88. The number of benzene rings is 1. The van der Waals surface area contributed by atoms with Gasteiger partial charge in [0.2, 0.25) is 0 Å². The minimum Gasteiger partial charge on any atom is -0.468 e. The highest BCUT2D eigenvalue weighted by Gasteiger charge is 2.23. The number of esters is 1. The van der Waals surface area contributed by atoms with Crippen molar-refractivity contribution in [2.45, 2.75) is 33.7 Å². The van der Waals surface area contributed by atoms with E-state index in [1.54, 1.807) is 6.07 Å². The number of hydrogen-bond donors (Lipinski definition) is 0. The van der Waals surface area contributed by atoms with E-state index in [0.29, 0.717) is 5.56 Å². The van der Waals surface area contributed by atoms with Gasteiger partial charge in [0, 0.05) is 11.6 Å². The van der Waals surface area contributed by atoms with Crippen molar-refractivity contribution in [2.75, 3.05) is 13.7 Å². The molecule has 0 heterocycles. The van der Waals surface area contributed by atoms with E-state index in [1.807, 2.05) is 39.8 Å². The Morgan fingerprint density at radius 3 is 2.42 bits per heavy atom. The van der Waals surface area contributed by atoms with Crippen LogP contribution in [0.5, 0.6) is 0 Å². The Hall–Kier alpha value is -1.84. The summed E-state index contributed by atoms with van der Waals surface area (Å²) in [5.74, 6) is -0.547. The molecule has 19 heavy (non-hydrogen) atoms. The zero-order chi connectivity index (χ0) is 14.6. The molecule has 0 aliphatic carbocycles. The summed E-state index contributed by atoms with van der Waals surface area (Å²) in [6, 6.07) is 5.54. The molecule has 0 bridgehead atoms. The topological polar surface area (TPSA) is 46.6 Å². The molecule has 0 atom stereocenters. The van der Waals surface area contributed by atoms with E-state index in [4.69, 9.17) is 0 Å². The molecule has 1 aromatic carbocycles. The van der Waals surface area contributed by atoms with Crippen molar-refractivity contribution in [3.8, 4) is 0 Å². The van der Waals surface area contributed by atoms with E-state index in [-0.39, 0.29) is 18.5 Å². The predicted molar refractivity (Wildman–Crippen MR) is 74.1 cm³/mol. The number of ether oxygens (including phenoxy) is 1. The lowest BCUT2D eigenvalue weighted by molar-refractivity contribution is -0.141. The number of rotatable bonds is 4. The second-order valence-electron chi connectivity index (χ2n) is 4.85. The SMILES string of the molecule is COC(=O)CN(C(=O)c1cccc(C)c1C)C(C)C. The Bertz CT molecular complexity index is 480. The molecule has 4 nitrogen and oxygen atoms in total. The summed E-state index contributed by atoms with van der Waals surface area (Å²) in [5.41, 5.74) is 2.65. The van der Waals surface area contributed by atoms with Crippen LogP contribution in [0, 0.1) is 13.8 Å². The molecule has 1 rings (SSSR count). The first-order valence-corrected chi connectivity index (χ1v) is 6.32. The fraction of sp³-hybridized carbons (Fsp3) is 0.467. The molecule has 0 fully saturated rings. The third-order valence-corrected chi connectivity index (χ3v) is 3.25. The monoisotopic (exact) mass is 263 g/mol. The van der Waals surface area contributed by atoms with E-state index in [1.165, 1.54) is 12.0 Å². The molecule has 104 valence electrons. The van der Waals surface area contributed by atoms with Gasteiger partial charge in [-0.05, 0) is 44.9 Å².